The van der Waals surface area contributed by atoms with Gasteiger partial charge in [-0.25, -0.2) is 0 Å². The van der Waals surface area contributed by atoms with E-state index in [0.717, 1.165) is 25.7 Å². The van der Waals surface area contributed by atoms with E-state index >= 15 is 0 Å². The molecule has 0 aromatic heterocycles. The standard InChI is InChI=1S/C44H77NO2/c1-5-7-9-11-13-15-17-19-21-23-25-27-29-31-33-35-44(46-42-39-37-40(43(42)47-44)41(38-39)45(3)4)36-34-32-30-28-26-24-22-20-18-16-14-12-10-8-6-2/h11-14,17-20,39-43H,5-10,15-16,21-38H2,1-4H3/b13-11-,14-12-,19-17-,20-18-/t39?,40?,41-,42-,43+/m1/s1. The average Bonchev–Trinajstić information content (AvgIpc) is 3.76. The maximum absolute atomic E-state index is 7.05. The summed E-state index contributed by atoms with van der Waals surface area (Å²) in [4.78, 5) is 2.45. The van der Waals surface area contributed by atoms with Crippen molar-refractivity contribution in [2.75, 3.05) is 14.1 Å². The number of nitrogens with zero attached hydrogens (tertiary/aromatic N) is 1. The summed E-state index contributed by atoms with van der Waals surface area (Å²) < 4.78 is 14.1. The van der Waals surface area contributed by atoms with Gasteiger partial charge < -0.3 is 14.4 Å². The van der Waals surface area contributed by atoms with Crippen molar-refractivity contribution in [3.8, 4) is 0 Å². The Labute approximate surface area is 293 Å². The highest BCUT2D eigenvalue weighted by molar-refractivity contribution is 5.09. The Morgan fingerprint density at radius 2 is 0.936 bits per heavy atom. The summed E-state index contributed by atoms with van der Waals surface area (Å²) in [5.41, 5.74) is 0. The van der Waals surface area contributed by atoms with Crippen LogP contribution in [0.2, 0.25) is 0 Å². The second-order valence-electron chi connectivity index (χ2n) is 15.5. The Kier molecular flexibility index (Phi) is 21.3. The lowest BCUT2D eigenvalue weighted by Crippen LogP contribution is -2.43. The van der Waals surface area contributed by atoms with Crippen molar-refractivity contribution in [1.29, 1.82) is 0 Å². The van der Waals surface area contributed by atoms with Crippen LogP contribution in [0.3, 0.4) is 0 Å². The fourth-order valence-electron chi connectivity index (χ4n) is 8.40. The minimum atomic E-state index is -0.307. The van der Waals surface area contributed by atoms with Crippen LogP contribution < -0.4 is 0 Å². The van der Waals surface area contributed by atoms with Crippen molar-refractivity contribution < 1.29 is 9.47 Å². The van der Waals surface area contributed by atoms with E-state index in [1.54, 1.807) is 0 Å². The van der Waals surface area contributed by atoms with Gasteiger partial charge in [-0.15, -0.1) is 0 Å². The molecule has 5 atom stereocenters. The summed E-state index contributed by atoms with van der Waals surface area (Å²) >= 11 is 0. The van der Waals surface area contributed by atoms with Gasteiger partial charge in [0.05, 0.1) is 12.2 Å². The van der Waals surface area contributed by atoms with Crippen LogP contribution in [0.4, 0.5) is 0 Å². The molecule has 0 aromatic carbocycles. The van der Waals surface area contributed by atoms with Crippen LogP contribution >= 0.6 is 0 Å². The number of unbranched alkanes of at least 4 members (excludes halogenated alkanes) is 16. The van der Waals surface area contributed by atoms with Gasteiger partial charge in [0.1, 0.15) is 0 Å². The lowest BCUT2D eigenvalue weighted by molar-refractivity contribution is -0.196. The summed E-state index contributed by atoms with van der Waals surface area (Å²) in [6, 6.07) is 0.676. The predicted molar refractivity (Wildman–Crippen MR) is 205 cm³/mol. The summed E-state index contributed by atoms with van der Waals surface area (Å²) in [5, 5.41) is 0. The van der Waals surface area contributed by atoms with Gasteiger partial charge >= 0.3 is 0 Å². The zero-order valence-electron chi connectivity index (χ0n) is 31.7. The molecule has 47 heavy (non-hydrogen) atoms. The van der Waals surface area contributed by atoms with Gasteiger partial charge in [0.2, 0.25) is 0 Å². The second-order valence-corrected chi connectivity index (χ2v) is 15.5. The Balaban J connectivity index is 1.29. The van der Waals surface area contributed by atoms with Crippen LogP contribution in [0.5, 0.6) is 0 Å². The third-order valence-corrected chi connectivity index (χ3v) is 11.2. The minimum absolute atomic E-state index is 0.307. The summed E-state index contributed by atoms with van der Waals surface area (Å²) in [6.45, 7) is 4.52. The minimum Gasteiger partial charge on any atom is -0.344 e. The highest BCUT2D eigenvalue weighted by Crippen LogP contribution is 2.55. The van der Waals surface area contributed by atoms with Crippen LogP contribution in [0.15, 0.2) is 48.6 Å². The van der Waals surface area contributed by atoms with Crippen molar-refractivity contribution in [3.05, 3.63) is 48.6 Å². The van der Waals surface area contributed by atoms with Crippen LogP contribution in [-0.2, 0) is 9.47 Å². The molecule has 0 radical (unpaired) electrons. The number of rotatable bonds is 29. The maximum Gasteiger partial charge on any atom is 0.169 e. The first-order valence-electron chi connectivity index (χ1n) is 20.7. The van der Waals surface area contributed by atoms with E-state index in [1.807, 2.05) is 0 Å². The fourth-order valence-corrected chi connectivity index (χ4v) is 8.40. The maximum atomic E-state index is 7.05. The van der Waals surface area contributed by atoms with E-state index in [-0.39, 0.29) is 5.79 Å². The van der Waals surface area contributed by atoms with E-state index in [4.69, 9.17) is 9.47 Å². The molecule has 0 spiro atoms. The largest absolute Gasteiger partial charge is 0.344 e. The van der Waals surface area contributed by atoms with Crippen molar-refractivity contribution in [3.63, 3.8) is 0 Å². The second kappa shape index (κ2) is 24.9. The molecule has 0 aromatic rings. The topological polar surface area (TPSA) is 21.7 Å². The summed E-state index contributed by atoms with van der Waals surface area (Å²) in [5.74, 6) is 1.06. The molecule has 2 unspecified atom stereocenters. The van der Waals surface area contributed by atoms with Gasteiger partial charge in [0.25, 0.3) is 0 Å². The number of hydrogen-bond donors (Lipinski definition) is 0. The molecule has 2 aliphatic carbocycles. The van der Waals surface area contributed by atoms with Crippen LogP contribution in [0.25, 0.3) is 0 Å². The molecule has 3 nitrogen and oxygen atoms in total. The Morgan fingerprint density at radius 1 is 0.511 bits per heavy atom. The zero-order chi connectivity index (χ0) is 33.4. The molecule has 1 aliphatic heterocycles. The molecule has 2 saturated carbocycles. The normalized spacial score (nSPS) is 25.3. The highest BCUT2D eigenvalue weighted by Gasteiger charge is 2.62. The van der Waals surface area contributed by atoms with E-state index in [2.05, 4.69) is 81.5 Å². The van der Waals surface area contributed by atoms with Gasteiger partial charge in [0, 0.05) is 24.8 Å². The molecule has 3 heteroatoms. The van der Waals surface area contributed by atoms with Crippen molar-refractivity contribution in [2.24, 2.45) is 11.8 Å². The predicted octanol–water partition coefficient (Wildman–Crippen LogP) is 13.1. The summed E-state index contributed by atoms with van der Waals surface area (Å²) in [7, 11) is 4.52. The molecule has 2 bridgehead atoms. The molecule has 0 amide bonds. The van der Waals surface area contributed by atoms with Gasteiger partial charge in [-0.3, -0.25) is 0 Å². The number of hydrogen-bond acceptors (Lipinski definition) is 3. The van der Waals surface area contributed by atoms with E-state index in [1.165, 1.54) is 141 Å². The zero-order valence-corrected chi connectivity index (χ0v) is 31.7. The van der Waals surface area contributed by atoms with E-state index in [9.17, 15) is 0 Å². The quantitative estimate of drug-likeness (QED) is 0.0593. The first kappa shape index (κ1) is 40.3. The van der Waals surface area contributed by atoms with Gasteiger partial charge in [-0.05, 0) is 97.1 Å². The number of fused-ring (bicyclic) bond motifs is 5. The van der Waals surface area contributed by atoms with E-state index in [0.29, 0.717) is 30.1 Å². The molecule has 0 N–H and O–H groups in total. The van der Waals surface area contributed by atoms with Crippen molar-refractivity contribution in [2.45, 2.75) is 205 Å². The van der Waals surface area contributed by atoms with Crippen LogP contribution in [-0.4, -0.2) is 43.0 Å². The Morgan fingerprint density at radius 3 is 1.40 bits per heavy atom. The molecular weight excluding hydrogens is 574 g/mol. The third kappa shape index (κ3) is 15.5. The smallest absolute Gasteiger partial charge is 0.169 e. The molecule has 3 fully saturated rings. The lowest BCUT2D eigenvalue weighted by atomic mass is 9.90. The molecule has 1 saturated heterocycles. The Bertz CT molecular complexity index is 841. The Hall–Kier alpha value is -1.16. The SMILES string of the molecule is CCCC/C=C\C/C=C\CCCCCCCCC1(CCCCCCCC/C=C\C/C=C\CCCC)O[C@@H]2C3CC([C@H](N(C)C)C3)[C@@H]2O1. The molecule has 3 rings (SSSR count). The lowest BCUT2D eigenvalue weighted by Gasteiger charge is -2.33. The average molecular weight is 652 g/mol. The molecule has 3 aliphatic rings. The molecule has 1 heterocycles. The highest BCUT2D eigenvalue weighted by atomic mass is 16.8. The first-order chi connectivity index (χ1) is 23.1. The number of allylic oxidation sites excluding steroid dienone is 8. The van der Waals surface area contributed by atoms with Crippen LogP contribution in [0.1, 0.15) is 181 Å². The van der Waals surface area contributed by atoms with Gasteiger partial charge in [-0.1, -0.05) is 140 Å². The number of ether oxygens (including phenoxy) is 2. The van der Waals surface area contributed by atoms with Crippen molar-refractivity contribution in [1.82, 2.24) is 4.90 Å². The van der Waals surface area contributed by atoms with E-state index < -0.39 is 0 Å². The summed E-state index contributed by atoms with van der Waals surface area (Å²) in [6.07, 6.45) is 52.6. The monoisotopic (exact) mass is 652 g/mol. The van der Waals surface area contributed by atoms with Gasteiger partial charge in [0.15, 0.2) is 5.79 Å². The first-order valence-corrected chi connectivity index (χ1v) is 20.7. The fraction of sp³-hybridized carbons (Fsp3) is 0.818. The molecular formula is C44H77NO2. The van der Waals surface area contributed by atoms with Crippen molar-refractivity contribution >= 4 is 0 Å². The van der Waals surface area contributed by atoms with Crippen LogP contribution in [0, 0.1) is 11.8 Å². The molecule has 270 valence electrons. The third-order valence-electron chi connectivity index (χ3n) is 11.2. The van der Waals surface area contributed by atoms with Gasteiger partial charge in [-0.2, -0.15) is 0 Å².